The molecule has 0 saturated carbocycles. The van der Waals surface area contributed by atoms with Gasteiger partial charge in [-0.25, -0.2) is 0 Å². The van der Waals surface area contributed by atoms with Crippen molar-refractivity contribution in [2.75, 3.05) is 22.1 Å². The highest BCUT2D eigenvalue weighted by Crippen LogP contribution is 2.23. The summed E-state index contributed by atoms with van der Waals surface area (Å²) in [6.45, 7) is 2.02. The van der Waals surface area contributed by atoms with Gasteiger partial charge in [0.15, 0.2) is 0 Å². The Morgan fingerprint density at radius 1 is 0.872 bits per heavy atom. The quantitative estimate of drug-likeness (QED) is 0.153. The Balaban J connectivity index is 1.36. The number of aromatic nitrogens is 2. The van der Waals surface area contributed by atoms with E-state index in [0.29, 0.717) is 21.5 Å². The van der Waals surface area contributed by atoms with Crippen LogP contribution >= 0.6 is 35.1 Å². The summed E-state index contributed by atoms with van der Waals surface area (Å²) in [7, 11) is 0. The predicted octanol–water partition coefficient (Wildman–Crippen LogP) is 5.79. The van der Waals surface area contributed by atoms with Crippen molar-refractivity contribution in [1.82, 2.24) is 14.7 Å². The zero-order valence-electron chi connectivity index (χ0n) is 20.9. The normalized spacial score (nSPS) is 11.1. The molecular formula is C28H25N5O3S3. The van der Waals surface area contributed by atoms with Gasteiger partial charge in [0.05, 0.1) is 5.75 Å². The Hall–Kier alpha value is -3.93. The molecule has 11 heteroatoms. The Labute approximate surface area is 238 Å². The first-order valence-electron chi connectivity index (χ1n) is 11.9. The number of hydrogen-bond acceptors (Lipinski definition) is 8. The summed E-state index contributed by atoms with van der Waals surface area (Å²) in [6, 6.07) is 25.1. The lowest BCUT2D eigenvalue weighted by atomic mass is 10.1. The maximum absolute atomic E-state index is 13.1. The van der Waals surface area contributed by atoms with Crippen molar-refractivity contribution in [3.05, 3.63) is 102 Å². The summed E-state index contributed by atoms with van der Waals surface area (Å²) < 4.78 is 4.19. The van der Waals surface area contributed by atoms with Crippen molar-refractivity contribution in [1.29, 1.82) is 0 Å². The van der Waals surface area contributed by atoms with Crippen LogP contribution in [-0.4, -0.2) is 38.6 Å². The van der Waals surface area contributed by atoms with E-state index in [0.717, 1.165) is 27.7 Å². The molecule has 8 nitrogen and oxygen atoms in total. The topological polar surface area (TPSA) is 113 Å². The van der Waals surface area contributed by atoms with Crippen LogP contribution in [0.2, 0.25) is 0 Å². The molecule has 0 bridgehead atoms. The average Bonchev–Trinajstić information content (AvgIpc) is 3.40. The van der Waals surface area contributed by atoms with E-state index < -0.39 is 5.91 Å². The molecule has 0 spiro atoms. The van der Waals surface area contributed by atoms with Gasteiger partial charge in [0.1, 0.15) is 5.70 Å². The number of anilines is 2. The number of benzene rings is 3. The minimum atomic E-state index is -0.458. The maximum atomic E-state index is 13.1. The maximum Gasteiger partial charge on any atom is 0.272 e. The summed E-state index contributed by atoms with van der Waals surface area (Å²) in [6.07, 6.45) is 1.63. The zero-order valence-corrected chi connectivity index (χ0v) is 23.4. The highest BCUT2D eigenvalue weighted by Gasteiger charge is 2.15. The minimum absolute atomic E-state index is 0.113. The molecule has 0 fully saturated rings. The average molecular weight is 576 g/mol. The molecule has 4 rings (SSSR count). The van der Waals surface area contributed by atoms with Crippen molar-refractivity contribution in [3.8, 4) is 0 Å². The van der Waals surface area contributed by atoms with E-state index in [1.54, 1.807) is 42.5 Å². The van der Waals surface area contributed by atoms with Gasteiger partial charge in [-0.1, -0.05) is 67.2 Å². The van der Waals surface area contributed by atoms with Crippen LogP contribution < -0.4 is 16.0 Å². The van der Waals surface area contributed by atoms with Crippen LogP contribution in [0.25, 0.3) is 6.08 Å². The lowest BCUT2D eigenvalue weighted by Gasteiger charge is -2.12. The van der Waals surface area contributed by atoms with E-state index in [4.69, 9.17) is 0 Å². The Bertz CT molecular complexity index is 1440. The first-order chi connectivity index (χ1) is 19.0. The molecular weight excluding hydrogens is 551 g/mol. The van der Waals surface area contributed by atoms with Crippen LogP contribution in [0.5, 0.6) is 0 Å². The van der Waals surface area contributed by atoms with E-state index in [2.05, 4.69) is 25.3 Å². The molecule has 1 heterocycles. The van der Waals surface area contributed by atoms with E-state index in [9.17, 15) is 14.4 Å². The van der Waals surface area contributed by atoms with Crippen LogP contribution in [0, 0.1) is 0 Å². The Morgan fingerprint density at radius 3 is 2.26 bits per heavy atom. The molecule has 3 N–H and O–H groups in total. The predicted molar refractivity (Wildman–Crippen MR) is 159 cm³/mol. The summed E-state index contributed by atoms with van der Waals surface area (Å²) in [5.41, 5.74) is 1.88. The monoisotopic (exact) mass is 575 g/mol. The molecule has 3 aromatic carbocycles. The van der Waals surface area contributed by atoms with Crippen LogP contribution in [0.4, 0.5) is 10.8 Å². The smallest absolute Gasteiger partial charge is 0.272 e. The number of nitrogens with one attached hydrogen (secondary N) is 3. The second kappa shape index (κ2) is 14.3. The first kappa shape index (κ1) is 28.1. The van der Waals surface area contributed by atoms with Gasteiger partial charge >= 0.3 is 0 Å². The van der Waals surface area contributed by atoms with Gasteiger partial charge in [-0.05, 0) is 53.8 Å². The Kier molecular flexibility index (Phi) is 10.3. The summed E-state index contributed by atoms with van der Waals surface area (Å²) in [5.74, 6) is 0.0549. The van der Waals surface area contributed by atoms with Crippen molar-refractivity contribution < 1.29 is 14.4 Å². The molecule has 0 atom stereocenters. The van der Waals surface area contributed by atoms with Gasteiger partial charge in [0.2, 0.25) is 16.2 Å². The van der Waals surface area contributed by atoms with Gasteiger partial charge in [-0.15, -0.1) is 11.8 Å². The highest BCUT2D eigenvalue weighted by atomic mass is 32.2. The van der Waals surface area contributed by atoms with E-state index in [-0.39, 0.29) is 23.3 Å². The van der Waals surface area contributed by atoms with Crippen molar-refractivity contribution in [3.63, 3.8) is 0 Å². The van der Waals surface area contributed by atoms with E-state index in [1.807, 2.05) is 55.5 Å². The second-order valence-electron chi connectivity index (χ2n) is 7.92. The molecule has 0 radical (unpaired) electrons. The third-order valence-electron chi connectivity index (χ3n) is 5.05. The zero-order chi connectivity index (χ0) is 27.5. The molecule has 3 amide bonds. The second-order valence-corrected chi connectivity index (χ2v) is 11.0. The van der Waals surface area contributed by atoms with Gasteiger partial charge in [0.25, 0.3) is 11.8 Å². The highest BCUT2D eigenvalue weighted by molar-refractivity contribution is 8.00. The van der Waals surface area contributed by atoms with E-state index in [1.165, 1.54) is 23.5 Å². The molecule has 198 valence electrons. The minimum Gasteiger partial charge on any atom is -0.321 e. The molecule has 0 aliphatic rings. The van der Waals surface area contributed by atoms with Crippen LogP contribution in [0.3, 0.4) is 0 Å². The summed E-state index contributed by atoms with van der Waals surface area (Å²) in [5, 5.41) is 9.46. The van der Waals surface area contributed by atoms with Crippen molar-refractivity contribution in [2.45, 2.75) is 17.0 Å². The van der Waals surface area contributed by atoms with Crippen molar-refractivity contribution >= 4 is 69.7 Å². The molecule has 39 heavy (non-hydrogen) atoms. The third-order valence-corrected chi connectivity index (χ3v) is 7.54. The number of thioether (sulfide) groups is 2. The van der Waals surface area contributed by atoms with Crippen LogP contribution in [0.1, 0.15) is 22.8 Å². The standard InChI is InChI=1S/C28H25N5O3S3/c1-2-37-28-32-27(39-33-28)31-24(34)18-38-22-15-13-21(14-16-22)29-26(36)23(17-19-9-5-3-6-10-19)30-25(35)20-11-7-4-8-12-20/h3-17H,2,18H2,1H3,(H,29,36)(H,30,35)(H,31,32,33,34)/b23-17-. The number of hydrogen-bond donors (Lipinski definition) is 3. The fourth-order valence-electron chi connectivity index (χ4n) is 3.24. The van der Waals surface area contributed by atoms with Gasteiger partial charge in [-0.3, -0.25) is 19.7 Å². The van der Waals surface area contributed by atoms with Crippen LogP contribution in [0.15, 0.2) is 101 Å². The molecule has 1 aromatic heterocycles. The third kappa shape index (κ3) is 8.81. The molecule has 4 aromatic rings. The van der Waals surface area contributed by atoms with Gasteiger partial charge in [-0.2, -0.15) is 9.36 Å². The summed E-state index contributed by atoms with van der Waals surface area (Å²) in [4.78, 5) is 43.3. The lowest BCUT2D eigenvalue weighted by Crippen LogP contribution is -2.30. The van der Waals surface area contributed by atoms with Crippen LogP contribution in [-0.2, 0) is 9.59 Å². The SMILES string of the molecule is CCSc1nsc(NC(=O)CSc2ccc(NC(=O)/C(=C/c3ccccc3)NC(=O)c3ccccc3)cc2)n1. The molecule has 0 aliphatic heterocycles. The fourth-order valence-corrected chi connectivity index (χ4v) is 5.23. The van der Waals surface area contributed by atoms with Crippen molar-refractivity contribution in [2.24, 2.45) is 0 Å². The number of amides is 3. The molecule has 0 aliphatic carbocycles. The fraction of sp³-hybridized carbons (Fsp3) is 0.107. The Morgan fingerprint density at radius 2 is 1.56 bits per heavy atom. The first-order valence-corrected chi connectivity index (χ1v) is 14.7. The number of carbonyl (C=O) groups excluding carboxylic acids is 3. The molecule has 0 saturated heterocycles. The largest absolute Gasteiger partial charge is 0.321 e. The number of nitrogens with zero attached hydrogens (tertiary/aromatic N) is 2. The van der Waals surface area contributed by atoms with Gasteiger partial charge < -0.3 is 10.6 Å². The summed E-state index contributed by atoms with van der Waals surface area (Å²) >= 11 is 4.04. The number of rotatable bonds is 11. The van der Waals surface area contributed by atoms with Gasteiger partial charge in [0, 0.05) is 27.7 Å². The molecule has 0 unspecified atom stereocenters. The lowest BCUT2D eigenvalue weighted by molar-refractivity contribution is -0.114. The number of carbonyl (C=O) groups is 3. The van der Waals surface area contributed by atoms with E-state index >= 15 is 0 Å².